The second-order valence-electron chi connectivity index (χ2n) is 4.38. The maximum absolute atomic E-state index is 12.5. The van der Waals surface area contributed by atoms with E-state index in [4.69, 9.17) is 21.8 Å². The number of hydrogen-bond acceptors (Lipinski definition) is 4. The molecule has 6 nitrogen and oxygen atoms in total. The van der Waals surface area contributed by atoms with E-state index in [2.05, 4.69) is 0 Å². The Morgan fingerprint density at radius 2 is 2.00 bits per heavy atom. The predicted molar refractivity (Wildman–Crippen MR) is 74.5 cm³/mol. The molecule has 0 atom stereocenters. The van der Waals surface area contributed by atoms with Crippen molar-refractivity contribution in [3.63, 3.8) is 0 Å². The number of rotatable bonds is 6. The van der Waals surface area contributed by atoms with E-state index in [1.807, 2.05) is 0 Å². The van der Waals surface area contributed by atoms with Gasteiger partial charge in [-0.15, -0.1) is 0 Å². The van der Waals surface area contributed by atoms with Crippen LogP contribution in [0.25, 0.3) is 0 Å². The third-order valence-corrected chi connectivity index (χ3v) is 5.22. The van der Waals surface area contributed by atoms with Crippen molar-refractivity contribution in [1.29, 1.82) is 0 Å². The number of aromatic carboxylic acids is 1. The van der Waals surface area contributed by atoms with Crippen LogP contribution in [-0.4, -0.2) is 48.1 Å². The molecule has 1 rings (SSSR count). The normalized spacial score (nSPS) is 12.1. The van der Waals surface area contributed by atoms with Gasteiger partial charge in [-0.25, -0.2) is 13.2 Å². The highest BCUT2D eigenvalue weighted by Gasteiger charge is 2.29. The van der Waals surface area contributed by atoms with Crippen molar-refractivity contribution in [2.75, 3.05) is 13.2 Å². The Balaban J connectivity index is 3.40. The lowest BCUT2D eigenvalue weighted by Gasteiger charge is -2.25. The number of benzene rings is 1. The second kappa shape index (κ2) is 6.53. The van der Waals surface area contributed by atoms with Gasteiger partial charge >= 0.3 is 5.97 Å². The molecule has 1 aromatic rings. The highest BCUT2D eigenvalue weighted by atomic mass is 35.5. The van der Waals surface area contributed by atoms with Crippen LogP contribution < -0.4 is 0 Å². The zero-order valence-corrected chi connectivity index (χ0v) is 12.6. The number of halogens is 1. The van der Waals surface area contributed by atoms with Crippen molar-refractivity contribution in [3.05, 3.63) is 28.8 Å². The lowest BCUT2D eigenvalue weighted by atomic mass is 10.2. The van der Waals surface area contributed by atoms with Crippen LogP contribution in [0.1, 0.15) is 24.2 Å². The Labute approximate surface area is 122 Å². The fourth-order valence-corrected chi connectivity index (χ4v) is 3.85. The molecule has 2 N–H and O–H groups in total. The summed E-state index contributed by atoms with van der Waals surface area (Å²) in [4.78, 5) is 10.7. The third kappa shape index (κ3) is 3.49. The van der Waals surface area contributed by atoms with Crippen molar-refractivity contribution in [2.24, 2.45) is 0 Å². The lowest BCUT2D eigenvalue weighted by molar-refractivity contribution is 0.0696. The number of sulfonamides is 1. The summed E-state index contributed by atoms with van der Waals surface area (Å²) in [7, 11) is -3.97. The molecule has 0 aliphatic rings. The second-order valence-corrected chi connectivity index (χ2v) is 6.65. The van der Waals surface area contributed by atoms with Gasteiger partial charge in [-0.3, -0.25) is 0 Å². The lowest BCUT2D eigenvalue weighted by Crippen LogP contribution is -2.39. The highest BCUT2D eigenvalue weighted by Crippen LogP contribution is 2.27. The number of carboxylic acid groups (broad SMARTS) is 1. The van der Waals surface area contributed by atoms with Crippen molar-refractivity contribution >= 4 is 27.6 Å². The van der Waals surface area contributed by atoms with E-state index >= 15 is 0 Å². The van der Waals surface area contributed by atoms with Crippen molar-refractivity contribution in [1.82, 2.24) is 4.31 Å². The number of carboxylic acids is 1. The summed E-state index contributed by atoms with van der Waals surface area (Å²) in [5.41, 5.74) is -0.166. The van der Waals surface area contributed by atoms with Crippen LogP contribution in [0.2, 0.25) is 5.02 Å². The van der Waals surface area contributed by atoms with Crippen molar-refractivity contribution < 1.29 is 23.4 Å². The maximum Gasteiger partial charge on any atom is 0.335 e. The summed E-state index contributed by atoms with van der Waals surface area (Å²) in [5.74, 6) is -1.24. The van der Waals surface area contributed by atoms with Gasteiger partial charge in [0.15, 0.2) is 0 Å². The minimum atomic E-state index is -3.97. The highest BCUT2D eigenvalue weighted by molar-refractivity contribution is 7.89. The van der Waals surface area contributed by atoms with Gasteiger partial charge in [0.05, 0.1) is 17.2 Å². The average molecular weight is 322 g/mol. The van der Waals surface area contributed by atoms with E-state index < -0.39 is 22.0 Å². The van der Waals surface area contributed by atoms with Gasteiger partial charge in [0, 0.05) is 12.6 Å². The maximum atomic E-state index is 12.5. The monoisotopic (exact) mass is 321 g/mol. The van der Waals surface area contributed by atoms with Crippen LogP contribution in [-0.2, 0) is 10.0 Å². The van der Waals surface area contributed by atoms with Crippen LogP contribution in [0.5, 0.6) is 0 Å². The first-order chi connectivity index (χ1) is 9.21. The zero-order valence-electron chi connectivity index (χ0n) is 11.1. The minimum Gasteiger partial charge on any atom is -0.478 e. The molecule has 0 saturated carbocycles. The summed E-state index contributed by atoms with van der Waals surface area (Å²) in [6.45, 7) is 2.88. The molecule has 0 aromatic heterocycles. The Morgan fingerprint density at radius 1 is 1.40 bits per heavy atom. The van der Waals surface area contributed by atoms with Crippen LogP contribution in [0.3, 0.4) is 0 Å². The Hall–Kier alpha value is -1.15. The molecule has 0 heterocycles. The molecular weight excluding hydrogens is 306 g/mol. The molecule has 0 spiro atoms. The van der Waals surface area contributed by atoms with Crippen LogP contribution >= 0.6 is 11.6 Å². The molecule has 0 unspecified atom stereocenters. The van der Waals surface area contributed by atoms with Gasteiger partial charge in [0.1, 0.15) is 4.90 Å². The number of carbonyl (C=O) groups is 1. The van der Waals surface area contributed by atoms with Gasteiger partial charge in [-0.1, -0.05) is 11.6 Å². The summed E-state index contributed by atoms with van der Waals surface area (Å²) in [6, 6.07) is 3.09. The molecule has 112 valence electrons. The van der Waals surface area contributed by atoms with Crippen LogP contribution in [0.4, 0.5) is 0 Å². The van der Waals surface area contributed by atoms with Gasteiger partial charge in [-0.2, -0.15) is 4.31 Å². The minimum absolute atomic E-state index is 0.0569. The van der Waals surface area contributed by atoms with Gasteiger partial charge < -0.3 is 10.2 Å². The first-order valence-corrected chi connectivity index (χ1v) is 7.69. The van der Waals surface area contributed by atoms with E-state index in [0.29, 0.717) is 0 Å². The summed E-state index contributed by atoms with van der Waals surface area (Å²) >= 11 is 5.87. The smallest absolute Gasteiger partial charge is 0.335 e. The van der Waals surface area contributed by atoms with E-state index in [0.717, 1.165) is 10.4 Å². The molecule has 20 heavy (non-hydrogen) atoms. The molecular formula is C12H16ClNO5S. The summed E-state index contributed by atoms with van der Waals surface area (Å²) in [6.07, 6.45) is 0. The van der Waals surface area contributed by atoms with E-state index in [1.54, 1.807) is 13.8 Å². The molecule has 0 aliphatic heterocycles. The molecule has 0 aliphatic carbocycles. The number of aliphatic hydroxyl groups is 1. The van der Waals surface area contributed by atoms with Crippen molar-refractivity contribution in [3.8, 4) is 0 Å². The standard InChI is InChI=1S/C12H16ClNO5S/c1-8(2)14(5-6-15)20(18,19)11-7-9(12(16)17)3-4-10(11)13/h3-4,7-8,15H,5-6H2,1-2H3,(H,16,17). The summed E-state index contributed by atoms with van der Waals surface area (Å²) < 4.78 is 26.1. The average Bonchev–Trinajstić information content (AvgIpc) is 2.35. The molecule has 8 heteroatoms. The first-order valence-electron chi connectivity index (χ1n) is 5.87. The molecule has 0 amide bonds. The Bertz CT molecular complexity index is 600. The Kier molecular flexibility index (Phi) is 5.52. The van der Waals surface area contributed by atoms with Crippen LogP contribution in [0.15, 0.2) is 23.1 Å². The van der Waals surface area contributed by atoms with Crippen LogP contribution in [0, 0.1) is 0 Å². The quantitative estimate of drug-likeness (QED) is 0.826. The van der Waals surface area contributed by atoms with Gasteiger partial charge in [-0.05, 0) is 32.0 Å². The van der Waals surface area contributed by atoms with E-state index in [1.165, 1.54) is 12.1 Å². The van der Waals surface area contributed by atoms with E-state index in [-0.39, 0.29) is 28.6 Å². The molecule has 0 fully saturated rings. The fourth-order valence-electron chi connectivity index (χ4n) is 1.71. The van der Waals surface area contributed by atoms with Gasteiger partial charge in [0.2, 0.25) is 10.0 Å². The molecule has 1 aromatic carbocycles. The van der Waals surface area contributed by atoms with Crippen molar-refractivity contribution in [2.45, 2.75) is 24.8 Å². The predicted octanol–water partition coefficient (Wildman–Crippen LogP) is 1.43. The molecule has 0 saturated heterocycles. The zero-order chi connectivity index (χ0) is 15.5. The van der Waals surface area contributed by atoms with Gasteiger partial charge in [0.25, 0.3) is 0 Å². The SMILES string of the molecule is CC(C)N(CCO)S(=O)(=O)c1cc(C(=O)O)ccc1Cl. The number of aliphatic hydroxyl groups excluding tert-OH is 1. The largest absolute Gasteiger partial charge is 0.478 e. The number of hydrogen-bond donors (Lipinski definition) is 2. The summed E-state index contributed by atoms with van der Waals surface area (Å²) in [5, 5.41) is 17.8. The molecule has 0 bridgehead atoms. The first kappa shape index (κ1) is 16.9. The van der Waals surface area contributed by atoms with E-state index in [9.17, 15) is 13.2 Å². The number of nitrogens with zero attached hydrogens (tertiary/aromatic N) is 1. The third-order valence-electron chi connectivity index (χ3n) is 2.66. The molecule has 0 radical (unpaired) electrons. The Morgan fingerprint density at radius 3 is 2.45 bits per heavy atom. The topological polar surface area (TPSA) is 94.9 Å². The fraction of sp³-hybridized carbons (Fsp3) is 0.417.